The third-order valence-electron chi connectivity index (χ3n) is 2.04. The fourth-order valence-corrected chi connectivity index (χ4v) is 1.29. The molecule has 0 radical (unpaired) electrons. The Labute approximate surface area is 76.0 Å². The van der Waals surface area contributed by atoms with Crippen LogP contribution >= 0.6 is 0 Å². The highest BCUT2D eigenvalue weighted by atomic mass is 19.1. The van der Waals surface area contributed by atoms with Gasteiger partial charge in [0.2, 0.25) is 0 Å². The topological polar surface area (TPSA) is 17.8 Å². The number of nitrogens with zero attached hydrogens (tertiary/aromatic N) is 2. The Balaban J connectivity index is 2.68. The van der Waals surface area contributed by atoms with Crippen molar-refractivity contribution in [3.8, 4) is 0 Å². The van der Waals surface area contributed by atoms with Crippen LogP contribution in [0.2, 0.25) is 0 Å². The van der Waals surface area contributed by atoms with Crippen molar-refractivity contribution < 1.29 is 4.39 Å². The summed E-state index contributed by atoms with van der Waals surface area (Å²) in [6, 6.07) is 5.22. The Kier molecular flexibility index (Phi) is 1.79. The van der Waals surface area contributed by atoms with Crippen LogP contribution in [0.5, 0.6) is 0 Å². The molecule has 1 aromatic heterocycles. The Morgan fingerprint density at radius 1 is 1.38 bits per heavy atom. The van der Waals surface area contributed by atoms with Crippen LogP contribution in [0.15, 0.2) is 24.4 Å². The summed E-state index contributed by atoms with van der Waals surface area (Å²) in [7, 11) is 0. The Morgan fingerprint density at radius 3 is 2.77 bits per heavy atom. The van der Waals surface area contributed by atoms with Gasteiger partial charge in [-0.1, -0.05) is 6.07 Å². The highest BCUT2D eigenvalue weighted by Crippen LogP contribution is 2.17. The van der Waals surface area contributed by atoms with E-state index in [1.807, 2.05) is 19.9 Å². The number of fused-ring (bicyclic) bond motifs is 1. The van der Waals surface area contributed by atoms with Crippen LogP contribution in [-0.4, -0.2) is 9.78 Å². The van der Waals surface area contributed by atoms with E-state index in [0.717, 1.165) is 0 Å². The summed E-state index contributed by atoms with van der Waals surface area (Å²) >= 11 is 0. The van der Waals surface area contributed by atoms with Gasteiger partial charge in [0.15, 0.2) is 0 Å². The molecule has 0 saturated carbocycles. The molecule has 2 rings (SSSR count). The number of hydrogen-bond donors (Lipinski definition) is 0. The zero-order valence-corrected chi connectivity index (χ0v) is 7.66. The standard InChI is InChI=1S/C10H11FN2/c1-7(2)13-6-8-9(11)4-3-5-10(8)12-13/h3-7H,1-2H3. The molecule has 1 aromatic carbocycles. The molecule has 0 atom stereocenters. The van der Waals surface area contributed by atoms with Gasteiger partial charge >= 0.3 is 0 Å². The molecule has 0 fully saturated rings. The summed E-state index contributed by atoms with van der Waals surface area (Å²) in [4.78, 5) is 0. The fourth-order valence-electron chi connectivity index (χ4n) is 1.29. The smallest absolute Gasteiger partial charge is 0.134 e. The molecule has 2 aromatic rings. The minimum absolute atomic E-state index is 0.204. The number of hydrogen-bond acceptors (Lipinski definition) is 1. The average Bonchev–Trinajstić information content (AvgIpc) is 2.49. The molecular formula is C10H11FN2. The zero-order chi connectivity index (χ0) is 9.42. The first-order chi connectivity index (χ1) is 6.18. The van der Waals surface area contributed by atoms with Crippen molar-refractivity contribution in [3.63, 3.8) is 0 Å². The maximum atomic E-state index is 13.2. The third-order valence-corrected chi connectivity index (χ3v) is 2.04. The van der Waals surface area contributed by atoms with E-state index in [0.29, 0.717) is 10.9 Å². The van der Waals surface area contributed by atoms with Crippen LogP contribution in [-0.2, 0) is 0 Å². The van der Waals surface area contributed by atoms with E-state index < -0.39 is 0 Å². The van der Waals surface area contributed by atoms with E-state index in [9.17, 15) is 4.39 Å². The Bertz CT molecular complexity index is 431. The number of benzene rings is 1. The summed E-state index contributed by atoms with van der Waals surface area (Å²) in [5.74, 6) is -0.204. The van der Waals surface area contributed by atoms with Crippen molar-refractivity contribution in [1.82, 2.24) is 9.78 Å². The largest absolute Gasteiger partial charge is 0.269 e. The predicted molar refractivity (Wildman–Crippen MR) is 50.1 cm³/mol. The van der Waals surface area contributed by atoms with Crippen LogP contribution in [0, 0.1) is 5.82 Å². The van der Waals surface area contributed by atoms with Crippen molar-refractivity contribution in [2.45, 2.75) is 19.9 Å². The van der Waals surface area contributed by atoms with Crippen molar-refractivity contribution >= 4 is 10.9 Å². The van der Waals surface area contributed by atoms with Gasteiger partial charge in [-0.2, -0.15) is 5.10 Å². The molecule has 68 valence electrons. The first kappa shape index (κ1) is 8.23. The summed E-state index contributed by atoms with van der Waals surface area (Å²) in [5, 5.41) is 4.84. The quantitative estimate of drug-likeness (QED) is 0.656. The fraction of sp³-hybridized carbons (Fsp3) is 0.300. The maximum absolute atomic E-state index is 13.2. The molecule has 0 aliphatic heterocycles. The Morgan fingerprint density at radius 2 is 2.15 bits per heavy atom. The molecule has 0 spiro atoms. The van der Waals surface area contributed by atoms with Gasteiger partial charge in [-0.25, -0.2) is 4.39 Å². The van der Waals surface area contributed by atoms with Crippen molar-refractivity contribution in [3.05, 3.63) is 30.2 Å². The van der Waals surface area contributed by atoms with Gasteiger partial charge in [-0.05, 0) is 26.0 Å². The second kappa shape index (κ2) is 2.83. The van der Waals surface area contributed by atoms with Gasteiger partial charge in [-0.3, -0.25) is 4.68 Å². The minimum Gasteiger partial charge on any atom is -0.269 e. The number of halogens is 1. The predicted octanol–water partition coefficient (Wildman–Crippen LogP) is 2.76. The second-order valence-corrected chi connectivity index (χ2v) is 3.38. The molecule has 3 heteroatoms. The summed E-state index contributed by atoms with van der Waals surface area (Å²) in [6.07, 6.45) is 1.75. The normalized spacial score (nSPS) is 11.4. The van der Waals surface area contributed by atoms with E-state index in [1.54, 1.807) is 16.9 Å². The van der Waals surface area contributed by atoms with E-state index in [1.165, 1.54) is 6.07 Å². The van der Waals surface area contributed by atoms with Crippen LogP contribution in [0.4, 0.5) is 4.39 Å². The second-order valence-electron chi connectivity index (χ2n) is 3.38. The molecule has 13 heavy (non-hydrogen) atoms. The van der Waals surface area contributed by atoms with E-state index >= 15 is 0 Å². The van der Waals surface area contributed by atoms with Crippen molar-refractivity contribution in [2.75, 3.05) is 0 Å². The first-order valence-electron chi connectivity index (χ1n) is 4.32. The SMILES string of the molecule is CC(C)n1cc2c(F)cccc2n1. The number of aromatic nitrogens is 2. The lowest BCUT2D eigenvalue weighted by Gasteiger charge is -2.02. The highest BCUT2D eigenvalue weighted by molar-refractivity contribution is 5.78. The molecule has 0 N–H and O–H groups in total. The molecule has 0 saturated heterocycles. The van der Waals surface area contributed by atoms with Crippen LogP contribution in [0.1, 0.15) is 19.9 Å². The Hall–Kier alpha value is -1.38. The van der Waals surface area contributed by atoms with Gasteiger partial charge < -0.3 is 0 Å². The summed E-state index contributed by atoms with van der Waals surface area (Å²) in [6.45, 7) is 4.04. The van der Waals surface area contributed by atoms with Gasteiger partial charge in [0.05, 0.1) is 10.9 Å². The van der Waals surface area contributed by atoms with Gasteiger partial charge in [0.25, 0.3) is 0 Å². The molecule has 0 bridgehead atoms. The van der Waals surface area contributed by atoms with Crippen LogP contribution in [0.25, 0.3) is 10.9 Å². The molecule has 0 amide bonds. The average molecular weight is 178 g/mol. The first-order valence-corrected chi connectivity index (χ1v) is 4.32. The molecule has 1 heterocycles. The minimum atomic E-state index is -0.204. The van der Waals surface area contributed by atoms with Gasteiger partial charge in [0.1, 0.15) is 5.82 Å². The molecule has 0 aliphatic rings. The summed E-state index contributed by atoms with van der Waals surface area (Å²) in [5.41, 5.74) is 0.716. The van der Waals surface area contributed by atoms with Gasteiger partial charge in [-0.15, -0.1) is 0 Å². The monoisotopic (exact) mass is 178 g/mol. The lowest BCUT2D eigenvalue weighted by Crippen LogP contribution is -1.99. The van der Waals surface area contributed by atoms with E-state index in [-0.39, 0.29) is 11.9 Å². The lowest BCUT2D eigenvalue weighted by atomic mass is 10.2. The van der Waals surface area contributed by atoms with Crippen LogP contribution < -0.4 is 0 Å². The molecule has 0 aliphatic carbocycles. The third kappa shape index (κ3) is 1.30. The number of rotatable bonds is 1. The van der Waals surface area contributed by atoms with Crippen molar-refractivity contribution in [1.29, 1.82) is 0 Å². The molecular weight excluding hydrogens is 167 g/mol. The van der Waals surface area contributed by atoms with E-state index in [4.69, 9.17) is 0 Å². The molecule has 0 unspecified atom stereocenters. The van der Waals surface area contributed by atoms with Crippen molar-refractivity contribution in [2.24, 2.45) is 0 Å². The highest BCUT2D eigenvalue weighted by Gasteiger charge is 2.06. The lowest BCUT2D eigenvalue weighted by molar-refractivity contribution is 0.537. The maximum Gasteiger partial charge on any atom is 0.134 e. The van der Waals surface area contributed by atoms with E-state index in [2.05, 4.69) is 5.10 Å². The van der Waals surface area contributed by atoms with Crippen LogP contribution in [0.3, 0.4) is 0 Å². The summed E-state index contributed by atoms with van der Waals surface area (Å²) < 4.78 is 15.0. The van der Waals surface area contributed by atoms with Gasteiger partial charge in [0, 0.05) is 12.2 Å². The zero-order valence-electron chi connectivity index (χ0n) is 7.66. The molecule has 2 nitrogen and oxygen atoms in total.